The highest BCUT2D eigenvalue weighted by molar-refractivity contribution is 8.01. The third kappa shape index (κ3) is 3.86. The molecule has 2 N–H and O–H groups in total. The maximum atomic E-state index is 12.0. The van der Waals surface area contributed by atoms with Crippen LogP contribution in [-0.4, -0.2) is 54.4 Å². The Morgan fingerprint density at radius 3 is 2.76 bits per heavy atom. The molecule has 0 aromatic rings. The summed E-state index contributed by atoms with van der Waals surface area (Å²) in [5.74, 6) is 1.18. The number of rotatable bonds is 4. The van der Waals surface area contributed by atoms with Gasteiger partial charge in [-0.05, 0) is 6.92 Å². The number of carbonyl (C=O) groups is 1. The fourth-order valence-corrected chi connectivity index (χ4v) is 4.74. The summed E-state index contributed by atoms with van der Waals surface area (Å²) in [5, 5.41) is -0.669. The summed E-state index contributed by atoms with van der Waals surface area (Å²) < 4.78 is 23.8. The lowest BCUT2D eigenvalue weighted by Gasteiger charge is -2.35. The van der Waals surface area contributed by atoms with Gasteiger partial charge in [-0.1, -0.05) is 6.92 Å². The highest BCUT2D eigenvalue weighted by Crippen LogP contribution is 2.22. The molecule has 0 radical (unpaired) electrons. The second-order valence-electron chi connectivity index (χ2n) is 4.25. The maximum absolute atomic E-state index is 12.0. The lowest BCUT2D eigenvalue weighted by molar-refractivity contribution is -0.131. The van der Waals surface area contributed by atoms with Crippen LogP contribution in [0.4, 0.5) is 0 Å². The zero-order valence-corrected chi connectivity index (χ0v) is 11.9. The molecule has 1 aliphatic heterocycles. The van der Waals surface area contributed by atoms with Gasteiger partial charge in [-0.2, -0.15) is 11.8 Å². The lowest BCUT2D eigenvalue weighted by atomic mass is 10.2. The quantitative estimate of drug-likeness (QED) is 0.787. The Hall–Kier alpha value is -0.270. The molecule has 0 spiro atoms. The largest absolute Gasteiger partial charge is 0.327 e. The van der Waals surface area contributed by atoms with Crippen molar-refractivity contribution in [3.63, 3.8) is 0 Å². The number of thioether (sulfide) groups is 1. The van der Waals surface area contributed by atoms with Crippen molar-refractivity contribution in [3.05, 3.63) is 0 Å². The number of amides is 1. The monoisotopic (exact) mass is 280 g/mol. The molecule has 2 atom stereocenters. The standard InChI is InChI=1S/C10H20N2O3S2/c1-3-17(14,15)10-7-16-5-4-12(10)9(13)6-8(2)11/h8,10H,3-7,11H2,1-2H3. The van der Waals surface area contributed by atoms with Crippen molar-refractivity contribution in [2.24, 2.45) is 5.73 Å². The van der Waals surface area contributed by atoms with Crippen molar-refractivity contribution in [3.8, 4) is 0 Å². The normalized spacial score (nSPS) is 23.5. The highest BCUT2D eigenvalue weighted by Gasteiger charge is 2.35. The second-order valence-corrected chi connectivity index (χ2v) is 7.85. The van der Waals surface area contributed by atoms with Gasteiger partial charge in [0.1, 0.15) is 5.37 Å². The van der Waals surface area contributed by atoms with E-state index in [0.717, 1.165) is 5.75 Å². The van der Waals surface area contributed by atoms with Gasteiger partial charge in [0.2, 0.25) is 5.91 Å². The minimum absolute atomic E-state index is 0.0696. The van der Waals surface area contributed by atoms with E-state index in [9.17, 15) is 13.2 Å². The molecule has 1 saturated heterocycles. The van der Waals surface area contributed by atoms with E-state index in [0.29, 0.717) is 12.3 Å². The third-order valence-corrected chi connectivity index (χ3v) is 6.01. The minimum Gasteiger partial charge on any atom is -0.327 e. The molecule has 5 nitrogen and oxygen atoms in total. The van der Waals surface area contributed by atoms with Crippen molar-refractivity contribution in [1.82, 2.24) is 4.90 Å². The van der Waals surface area contributed by atoms with Crippen molar-refractivity contribution < 1.29 is 13.2 Å². The smallest absolute Gasteiger partial charge is 0.225 e. The van der Waals surface area contributed by atoms with Gasteiger partial charge < -0.3 is 10.6 Å². The summed E-state index contributed by atoms with van der Waals surface area (Å²) in [4.78, 5) is 13.4. The van der Waals surface area contributed by atoms with E-state index in [4.69, 9.17) is 5.73 Å². The summed E-state index contributed by atoms with van der Waals surface area (Å²) in [7, 11) is -3.21. The Morgan fingerprint density at radius 2 is 2.24 bits per heavy atom. The molecule has 0 bridgehead atoms. The van der Waals surface area contributed by atoms with Crippen LogP contribution in [0.3, 0.4) is 0 Å². The van der Waals surface area contributed by atoms with Crippen LogP contribution in [0.5, 0.6) is 0 Å². The van der Waals surface area contributed by atoms with Gasteiger partial charge >= 0.3 is 0 Å². The molecular formula is C10H20N2O3S2. The van der Waals surface area contributed by atoms with E-state index in [1.54, 1.807) is 25.6 Å². The summed E-state index contributed by atoms with van der Waals surface area (Å²) in [6.45, 7) is 3.86. The first-order valence-corrected chi connectivity index (χ1v) is 8.60. The number of carbonyl (C=O) groups excluding carboxylic acids is 1. The fourth-order valence-electron chi connectivity index (χ4n) is 1.75. The average molecular weight is 280 g/mol. The van der Waals surface area contributed by atoms with Gasteiger partial charge in [-0.3, -0.25) is 4.79 Å². The number of hydrogen-bond donors (Lipinski definition) is 1. The average Bonchev–Trinajstić information content (AvgIpc) is 2.28. The van der Waals surface area contributed by atoms with Crippen molar-refractivity contribution in [2.75, 3.05) is 23.8 Å². The molecule has 1 heterocycles. The zero-order chi connectivity index (χ0) is 13.1. The molecule has 0 aliphatic carbocycles. The van der Waals surface area contributed by atoms with E-state index < -0.39 is 15.2 Å². The molecule has 0 aromatic heterocycles. The van der Waals surface area contributed by atoms with Crippen molar-refractivity contribution >= 4 is 27.5 Å². The lowest BCUT2D eigenvalue weighted by Crippen LogP contribution is -2.51. The van der Waals surface area contributed by atoms with E-state index in [1.807, 2.05) is 0 Å². The molecule has 0 aromatic carbocycles. The van der Waals surface area contributed by atoms with Crippen LogP contribution in [0.25, 0.3) is 0 Å². The van der Waals surface area contributed by atoms with Crippen molar-refractivity contribution in [2.45, 2.75) is 31.7 Å². The predicted molar refractivity (Wildman–Crippen MR) is 70.6 cm³/mol. The molecule has 0 saturated carbocycles. The Bertz CT molecular complexity index is 368. The highest BCUT2D eigenvalue weighted by atomic mass is 32.2. The van der Waals surface area contributed by atoms with E-state index in [-0.39, 0.29) is 24.1 Å². The topological polar surface area (TPSA) is 80.5 Å². The molecule has 1 amide bonds. The van der Waals surface area contributed by atoms with Crippen LogP contribution in [0, 0.1) is 0 Å². The molecule has 100 valence electrons. The number of nitrogens with zero attached hydrogens (tertiary/aromatic N) is 1. The van der Waals surface area contributed by atoms with E-state index in [2.05, 4.69) is 0 Å². The fraction of sp³-hybridized carbons (Fsp3) is 0.900. The number of sulfone groups is 1. The first kappa shape index (κ1) is 14.8. The third-order valence-electron chi connectivity index (χ3n) is 2.72. The molecular weight excluding hydrogens is 260 g/mol. The van der Waals surface area contributed by atoms with Crippen molar-refractivity contribution in [1.29, 1.82) is 0 Å². The van der Waals surface area contributed by atoms with Crippen LogP contribution in [-0.2, 0) is 14.6 Å². The predicted octanol–water partition coefficient (Wildman–Crippen LogP) is 0.0599. The van der Waals surface area contributed by atoms with Gasteiger partial charge in [0.05, 0.1) is 0 Å². The van der Waals surface area contributed by atoms with Gasteiger partial charge in [0.25, 0.3) is 0 Å². The summed E-state index contributed by atoms with van der Waals surface area (Å²) in [6, 6.07) is -0.234. The molecule has 2 unspecified atom stereocenters. The van der Waals surface area contributed by atoms with Crippen LogP contribution in [0.1, 0.15) is 20.3 Å². The first-order chi connectivity index (χ1) is 7.88. The Labute approximate surface area is 107 Å². The number of nitrogens with two attached hydrogens (primary N) is 1. The summed E-state index contributed by atoms with van der Waals surface area (Å²) in [5.41, 5.74) is 5.58. The Morgan fingerprint density at radius 1 is 1.59 bits per heavy atom. The van der Waals surface area contributed by atoms with Gasteiger partial charge in [0.15, 0.2) is 9.84 Å². The summed E-state index contributed by atoms with van der Waals surface area (Å²) >= 11 is 1.58. The van der Waals surface area contributed by atoms with Crippen LogP contribution in [0.15, 0.2) is 0 Å². The Kier molecular flexibility index (Phi) is 5.27. The molecule has 1 rings (SSSR count). The van der Waals surface area contributed by atoms with Gasteiger partial charge in [-0.15, -0.1) is 0 Å². The molecule has 1 fully saturated rings. The molecule has 17 heavy (non-hydrogen) atoms. The SMILES string of the molecule is CCS(=O)(=O)C1CSCCN1C(=O)CC(C)N. The first-order valence-electron chi connectivity index (χ1n) is 5.73. The molecule has 7 heteroatoms. The van der Waals surface area contributed by atoms with E-state index in [1.165, 1.54) is 4.90 Å². The number of hydrogen-bond acceptors (Lipinski definition) is 5. The van der Waals surface area contributed by atoms with Crippen LogP contribution < -0.4 is 5.73 Å². The van der Waals surface area contributed by atoms with Gasteiger partial charge in [-0.25, -0.2) is 8.42 Å². The van der Waals surface area contributed by atoms with Gasteiger partial charge in [0, 0.05) is 36.3 Å². The summed E-state index contributed by atoms with van der Waals surface area (Å²) in [6.07, 6.45) is 0.209. The van der Waals surface area contributed by atoms with Crippen LogP contribution in [0.2, 0.25) is 0 Å². The second kappa shape index (κ2) is 6.06. The molecule has 1 aliphatic rings. The minimum atomic E-state index is -3.21. The maximum Gasteiger partial charge on any atom is 0.225 e. The van der Waals surface area contributed by atoms with E-state index >= 15 is 0 Å². The van der Waals surface area contributed by atoms with Crippen LogP contribution >= 0.6 is 11.8 Å². The Balaban J connectivity index is 2.83. The zero-order valence-electron chi connectivity index (χ0n) is 10.3.